The molecule has 8 heteroatoms. The van der Waals surface area contributed by atoms with Crippen molar-refractivity contribution in [2.45, 2.75) is 19.8 Å². The molecule has 1 aliphatic heterocycles. The van der Waals surface area contributed by atoms with Crippen molar-refractivity contribution in [3.8, 4) is 0 Å². The number of nitrogens with one attached hydrogen (secondary N) is 1. The molecule has 0 saturated heterocycles. The molecule has 2 aromatic rings. The molecule has 0 radical (unpaired) electrons. The van der Waals surface area contributed by atoms with Crippen LogP contribution in [0.5, 0.6) is 0 Å². The van der Waals surface area contributed by atoms with E-state index in [2.05, 4.69) is 5.32 Å². The van der Waals surface area contributed by atoms with Crippen molar-refractivity contribution in [3.05, 3.63) is 104 Å². The Morgan fingerprint density at radius 2 is 1.78 bits per heavy atom. The predicted molar refractivity (Wildman–Crippen MR) is 118 cm³/mol. The summed E-state index contributed by atoms with van der Waals surface area (Å²) in [5, 5.41) is 24.0. The van der Waals surface area contributed by atoms with Crippen molar-refractivity contribution in [2.75, 3.05) is 6.61 Å². The second-order valence-corrected chi connectivity index (χ2v) is 7.20. The second kappa shape index (κ2) is 9.74. The smallest absolute Gasteiger partial charge is 0.337 e. The Kier molecular flexibility index (Phi) is 6.84. The first kappa shape index (κ1) is 22.5. The fourth-order valence-electron chi connectivity index (χ4n) is 3.65. The summed E-state index contributed by atoms with van der Waals surface area (Å²) in [5.41, 5.74) is 1.89. The highest BCUT2D eigenvalue weighted by Crippen LogP contribution is 2.39. The molecule has 32 heavy (non-hydrogen) atoms. The molecule has 0 amide bonds. The molecule has 164 valence electrons. The van der Waals surface area contributed by atoms with E-state index in [0.29, 0.717) is 17.0 Å². The number of hydrogen-bond acceptors (Lipinski definition) is 6. The van der Waals surface area contributed by atoms with Gasteiger partial charge in [0.25, 0.3) is 5.69 Å². The molecule has 1 atom stereocenters. The zero-order valence-corrected chi connectivity index (χ0v) is 17.6. The largest absolute Gasteiger partial charge is 0.478 e. The Hall–Kier alpha value is -4.20. The molecule has 2 N–H and O–H groups in total. The number of nitro benzene ring substituents is 1. The maximum absolute atomic E-state index is 13.0. The Labute approximate surface area is 184 Å². The van der Waals surface area contributed by atoms with Crippen molar-refractivity contribution in [3.63, 3.8) is 0 Å². The first-order valence-corrected chi connectivity index (χ1v) is 9.84. The van der Waals surface area contributed by atoms with Crippen LogP contribution in [0.25, 0.3) is 6.08 Å². The third-order valence-electron chi connectivity index (χ3n) is 5.05. The van der Waals surface area contributed by atoms with Gasteiger partial charge in [0.1, 0.15) is 6.61 Å². The summed E-state index contributed by atoms with van der Waals surface area (Å²) < 4.78 is 5.39. The Morgan fingerprint density at radius 1 is 1.09 bits per heavy atom. The van der Waals surface area contributed by atoms with Gasteiger partial charge in [-0.2, -0.15) is 0 Å². The van der Waals surface area contributed by atoms with Gasteiger partial charge in [-0.05, 0) is 31.1 Å². The van der Waals surface area contributed by atoms with Crippen LogP contribution in [0.1, 0.15) is 30.9 Å². The minimum Gasteiger partial charge on any atom is -0.478 e. The maximum atomic E-state index is 13.0. The van der Waals surface area contributed by atoms with Gasteiger partial charge in [-0.3, -0.25) is 10.1 Å². The van der Waals surface area contributed by atoms with Gasteiger partial charge in [-0.1, -0.05) is 48.5 Å². The van der Waals surface area contributed by atoms with E-state index in [1.165, 1.54) is 18.2 Å². The molecule has 0 saturated carbocycles. The van der Waals surface area contributed by atoms with E-state index < -0.39 is 22.8 Å². The first-order chi connectivity index (χ1) is 15.3. The molecule has 1 heterocycles. The number of rotatable bonds is 7. The number of non-ortho nitro benzene ring substituents is 1. The number of carboxylic acid groups (broad SMARTS) is 1. The highest BCUT2D eigenvalue weighted by atomic mass is 16.6. The number of nitro groups is 1. The fraction of sp³-hybridized carbons (Fsp3) is 0.167. The van der Waals surface area contributed by atoms with Crippen molar-refractivity contribution < 1.29 is 24.4 Å². The molecule has 1 unspecified atom stereocenters. The summed E-state index contributed by atoms with van der Waals surface area (Å²) in [6.07, 6.45) is 3.49. The quantitative estimate of drug-likeness (QED) is 0.381. The Balaban J connectivity index is 1.92. The summed E-state index contributed by atoms with van der Waals surface area (Å²) in [7, 11) is 0. The zero-order valence-electron chi connectivity index (χ0n) is 17.6. The molecule has 8 nitrogen and oxygen atoms in total. The molecular weight excluding hydrogens is 412 g/mol. The van der Waals surface area contributed by atoms with Gasteiger partial charge in [-0.25, -0.2) is 9.59 Å². The fourth-order valence-corrected chi connectivity index (χ4v) is 3.65. The molecule has 0 aliphatic carbocycles. The monoisotopic (exact) mass is 434 g/mol. The SMILES string of the molecule is CC1=C(C(=O)O)C(c2cccc([N+](=O)[O-])c2)C(C(=O)OC/C=C/c2ccccc2)=C(C)N1. The van der Waals surface area contributed by atoms with Crippen LogP contribution in [0.2, 0.25) is 0 Å². The topological polar surface area (TPSA) is 119 Å². The second-order valence-electron chi connectivity index (χ2n) is 7.20. The number of ether oxygens (including phenoxy) is 1. The van der Waals surface area contributed by atoms with E-state index in [0.717, 1.165) is 5.56 Å². The lowest BCUT2D eigenvalue weighted by Gasteiger charge is -2.29. The van der Waals surface area contributed by atoms with Gasteiger partial charge < -0.3 is 15.2 Å². The zero-order chi connectivity index (χ0) is 23.3. The molecular formula is C24H22N2O6. The number of dihydropyridines is 1. The summed E-state index contributed by atoms with van der Waals surface area (Å²) in [6.45, 7) is 3.21. The van der Waals surface area contributed by atoms with Crippen molar-refractivity contribution in [1.29, 1.82) is 0 Å². The van der Waals surface area contributed by atoms with Crippen LogP contribution in [-0.2, 0) is 14.3 Å². The lowest BCUT2D eigenvalue weighted by atomic mass is 9.80. The number of nitrogens with zero attached hydrogens (tertiary/aromatic N) is 1. The molecule has 3 rings (SSSR count). The van der Waals surface area contributed by atoms with Gasteiger partial charge >= 0.3 is 11.9 Å². The van der Waals surface area contributed by atoms with Crippen LogP contribution in [0.15, 0.2) is 83.2 Å². The van der Waals surface area contributed by atoms with Crippen molar-refractivity contribution in [1.82, 2.24) is 5.32 Å². The number of carboxylic acids is 1. The number of esters is 1. The summed E-state index contributed by atoms with van der Waals surface area (Å²) in [6, 6.07) is 15.1. The Bertz CT molecular complexity index is 1150. The molecule has 0 spiro atoms. The molecule has 0 fully saturated rings. The summed E-state index contributed by atoms with van der Waals surface area (Å²) in [4.78, 5) is 35.7. The number of carbonyl (C=O) groups excluding carboxylic acids is 1. The highest BCUT2D eigenvalue weighted by molar-refractivity contribution is 5.99. The normalized spacial score (nSPS) is 16.1. The Morgan fingerprint density at radius 3 is 2.44 bits per heavy atom. The molecule has 2 aromatic carbocycles. The van der Waals surface area contributed by atoms with E-state index in [1.54, 1.807) is 32.1 Å². The molecule has 1 aliphatic rings. The van der Waals surface area contributed by atoms with Crippen LogP contribution < -0.4 is 5.32 Å². The average molecular weight is 434 g/mol. The standard InChI is InChI=1S/C24H22N2O6/c1-15-20(23(27)28)22(18-11-6-12-19(14-18)26(30)31)21(16(2)25-15)24(29)32-13-7-10-17-8-4-3-5-9-17/h3-12,14,22,25H,13H2,1-2H3,(H,27,28)/b10-7+. The van der Waals surface area contributed by atoms with Crippen LogP contribution in [0.4, 0.5) is 5.69 Å². The third-order valence-corrected chi connectivity index (χ3v) is 5.05. The summed E-state index contributed by atoms with van der Waals surface area (Å²) in [5.74, 6) is -2.94. The summed E-state index contributed by atoms with van der Waals surface area (Å²) >= 11 is 0. The molecule has 0 bridgehead atoms. The van der Waals surface area contributed by atoms with Crippen LogP contribution in [0.3, 0.4) is 0 Å². The van der Waals surface area contributed by atoms with E-state index >= 15 is 0 Å². The maximum Gasteiger partial charge on any atom is 0.337 e. The highest BCUT2D eigenvalue weighted by Gasteiger charge is 2.37. The van der Waals surface area contributed by atoms with Gasteiger partial charge in [0, 0.05) is 23.5 Å². The van der Waals surface area contributed by atoms with Gasteiger partial charge in [0.05, 0.1) is 22.0 Å². The van der Waals surface area contributed by atoms with Gasteiger partial charge in [-0.15, -0.1) is 0 Å². The van der Waals surface area contributed by atoms with Crippen LogP contribution in [0, 0.1) is 10.1 Å². The number of allylic oxidation sites excluding steroid dienone is 2. The number of aliphatic carboxylic acids is 1. The first-order valence-electron chi connectivity index (χ1n) is 9.84. The van der Waals surface area contributed by atoms with Crippen LogP contribution >= 0.6 is 0 Å². The van der Waals surface area contributed by atoms with E-state index in [9.17, 15) is 24.8 Å². The lowest BCUT2D eigenvalue weighted by Crippen LogP contribution is -2.31. The van der Waals surface area contributed by atoms with Gasteiger partial charge in [0.2, 0.25) is 0 Å². The minimum atomic E-state index is -1.23. The average Bonchev–Trinajstić information content (AvgIpc) is 2.76. The van der Waals surface area contributed by atoms with E-state index in [-0.39, 0.29) is 23.4 Å². The van der Waals surface area contributed by atoms with Crippen molar-refractivity contribution >= 4 is 23.7 Å². The van der Waals surface area contributed by atoms with E-state index in [1.807, 2.05) is 30.3 Å². The minimum absolute atomic E-state index is 0.0166. The van der Waals surface area contributed by atoms with Crippen LogP contribution in [-0.4, -0.2) is 28.6 Å². The third kappa shape index (κ3) is 4.92. The number of hydrogen-bond donors (Lipinski definition) is 2. The van der Waals surface area contributed by atoms with Crippen molar-refractivity contribution in [2.24, 2.45) is 0 Å². The van der Waals surface area contributed by atoms with E-state index in [4.69, 9.17) is 4.74 Å². The predicted octanol–water partition coefficient (Wildman–Crippen LogP) is 4.17. The molecule has 0 aromatic heterocycles. The van der Waals surface area contributed by atoms with Gasteiger partial charge in [0.15, 0.2) is 0 Å². The lowest BCUT2D eigenvalue weighted by molar-refractivity contribution is -0.384. The number of carbonyl (C=O) groups is 2. The number of benzene rings is 2.